The molecule has 0 saturated heterocycles. The highest BCUT2D eigenvalue weighted by Crippen LogP contribution is 2.33. The highest BCUT2D eigenvalue weighted by atomic mass is 32.1. The highest BCUT2D eigenvalue weighted by Gasteiger charge is 2.21. The van der Waals surface area contributed by atoms with Crippen molar-refractivity contribution >= 4 is 32.9 Å². The predicted molar refractivity (Wildman–Crippen MR) is 109 cm³/mol. The second-order valence-electron chi connectivity index (χ2n) is 6.70. The van der Waals surface area contributed by atoms with E-state index in [9.17, 15) is 5.11 Å². The normalized spacial score (nSPS) is 13.7. The number of thiophene rings is 2. The van der Waals surface area contributed by atoms with E-state index in [2.05, 4.69) is 21.9 Å². The Morgan fingerprint density at radius 2 is 2.19 bits per heavy atom. The third-order valence-corrected chi connectivity index (χ3v) is 5.69. The van der Waals surface area contributed by atoms with Gasteiger partial charge in [0.25, 0.3) is 0 Å². The van der Waals surface area contributed by atoms with E-state index in [1.165, 1.54) is 5.56 Å². The third kappa shape index (κ3) is 4.39. The van der Waals surface area contributed by atoms with E-state index in [1.807, 2.05) is 41.1 Å². The molecule has 0 bridgehead atoms. The van der Waals surface area contributed by atoms with Gasteiger partial charge in [-0.15, -0.1) is 11.3 Å². The van der Waals surface area contributed by atoms with Gasteiger partial charge in [0, 0.05) is 18.7 Å². The Labute approximate surface area is 165 Å². The van der Waals surface area contributed by atoms with Crippen molar-refractivity contribution in [3.05, 3.63) is 58.1 Å². The third-order valence-electron chi connectivity index (χ3n) is 4.17. The Kier molecular flexibility index (Phi) is 5.27. The molecule has 27 heavy (non-hydrogen) atoms. The van der Waals surface area contributed by atoms with Gasteiger partial charge in [0.2, 0.25) is 0 Å². The number of nitrogens with zero attached hydrogens (tertiary/aromatic N) is 1. The van der Waals surface area contributed by atoms with Crippen LogP contribution < -0.4 is 10.1 Å². The van der Waals surface area contributed by atoms with Gasteiger partial charge in [-0.25, -0.2) is 0 Å². The van der Waals surface area contributed by atoms with Gasteiger partial charge in [-0.1, -0.05) is 17.3 Å². The van der Waals surface area contributed by atoms with Crippen molar-refractivity contribution in [3.63, 3.8) is 0 Å². The first-order valence-electron chi connectivity index (χ1n) is 8.61. The topological polar surface area (TPSA) is 67.5 Å². The van der Waals surface area contributed by atoms with E-state index in [0.717, 1.165) is 28.1 Å². The van der Waals surface area contributed by atoms with Crippen molar-refractivity contribution in [1.82, 2.24) is 10.5 Å². The van der Waals surface area contributed by atoms with Gasteiger partial charge >= 0.3 is 0 Å². The summed E-state index contributed by atoms with van der Waals surface area (Å²) in [5.41, 5.74) is 1.15. The highest BCUT2D eigenvalue weighted by molar-refractivity contribution is 7.16. The van der Waals surface area contributed by atoms with Crippen LogP contribution in [0.4, 0.5) is 0 Å². The zero-order chi connectivity index (χ0) is 18.7. The van der Waals surface area contributed by atoms with Crippen molar-refractivity contribution in [1.29, 1.82) is 0 Å². The smallest absolute Gasteiger partial charge is 0.175 e. The number of aromatic nitrogens is 1. The van der Waals surface area contributed by atoms with E-state index in [-0.39, 0.29) is 6.61 Å². The summed E-state index contributed by atoms with van der Waals surface area (Å²) in [4.78, 5) is 0.885. The minimum Gasteiger partial charge on any atom is -0.491 e. The Morgan fingerprint density at radius 3 is 3.04 bits per heavy atom. The predicted octanol–water partition coefficient (Wildman–Crippen LogP) is 4.54. The van der Waals surface area contributed by atoms with Crippen molar-refractivity contribution in [2.75, 3.05) is 13.2 Å². The number of hydrogen-bond donors (Lipinski definition) is 2. The molecule has 1 aromatic carbocycles. The number of benzene rings is 1. The van der Waals surface area contributed by atoms with E-state index >= 15 is 0 Å². The van der Waals surface area contributed by atoms with Crippen molar-refractivity contribution < 1.29 is 14.4 Å². The standard InChI is InChI=1S/C20H20N2O3S2/c1-20(23,12-21-10-14-5-7-26-11-14)13-24-16-4-2-3-15(9-16)18-17-6-8-27-19(17)22-25-18/h2-9,11,21,23H,10,12-13H2,1H3/t20-/m0/s1. The lowest BCUT2D eigenvalue weighted by Gasteiger charge is -2.24. The number of rotatable bonds is 8. The molecule has 1 atom stereocenters. The minimum absolute atomic E-state index is 0.192. The first kappa shape index (κ1) is 18.2. The van der Waals surface area contributed by atoms with Gasteiger partial charge in [0.15, 0.2) is 10.6 Å². The van der Waals surface area contributed by atoms with Gasteiger partial charge in [0.1, 0.15) is 18.0 Å². The summed E-state index contributed by atoms with van der Waals surface area (Å²) < 4.78 is 11.3. The molecule has 140 valence electrons. The lowest BCUT2D eigenvalue weighted by Crippen LogP contribution is -2.42. The van der Waals surface area contributed by atoms with Crippen LogP contribution >= 0.6 is 22.7 Å². The summed E-state index contributed by atoms with van der Waals surface area (Å²) in [6.07, 6.45) is 0. The summed E-state index contributed by atoms with van der Waals surface area (Å²) in [6.45, 7) is 3.14. The second kappa shape index (κ2) is 7.82. The van der Waals surface area contributed by atoms with Gasteiger partial charge in [-0.2, -0.15) is 11.3 Å². The first-order valence-corrected chi connectivity index (χ1v) is 10.4. The van der Waals surface area contributed by atoms with Crippen molar-refractivity contribution in [3.8, 4) is 17.1 Å². The van der Waals surface area contributed by atoms with Crippen LogP contribution in [-0.4, -0.2) is 29.0 Å². The summed E-state index contributed by atoms with van der Waals surface area (Å²) >= 11 is 3.22. The molecule has 3 aromatic heterocycles. The number of ether oxygens (including phenoxy) is 1. The maximum atomic E-state index is 10.6. The molecule has 5 nitrogen and oxygen atoms in total. The maximum absolute atomic E-state index is 10.6. The molecule has 0 saturated carbocycles. The summed E-state index contributed by atoms with van der Waals surface area (Å²) in [7, 11) is 0. The first-order chi connectivity index (χ1) is 13.1. The second-order valence-corrected chi connectivity index (χ2v) is 8.37. The van der Waals surface area contributed by atoms with Crippen LogP contribution in [0.3, 0.4) is 0 Å². The average molecular weight is 401 g/mol. The number of nitrogens with one attached hydrogen (secondary N) is 1. The fourth-order valence-corrected chi connectivity index (χ4v) is 4.15. The number of aliphatic hydroxyl groups is 1. The maximum Gasteiger partial charge on any atom is 0.175 e. The Hall–Kier alpha value is -2.19. The monoisotopic (exact) mass is 400 g/mol. The Morgan fingerprint density at radius 1 is 1.26 bits per heavy atom. The quantitative estimate of drug-likeness (QED) is 0.455. The fraction of sp³-hybridized carbons (Fsp3) is 0.250. The van der Waals surface area contributed by atoms with Gasteiger partial charge in [0.05, 0.1) is 5.39 Å². The molecular weight excluding hydrogens is 380 g/mol. The fourth-order valence-electron chi connectivity index (χ4n) is 2.78. The van der Waals surface area contributed by atoms with Crippen LogP contribution in [0.2, 0.25) is 0 Å². The molecule has 0 fully saturated rings. The SMILES string of the molecule is C[C@](O)(CNCc1ccsc1)COc1cccc(-c2onc3sccc23)c1. The molecule has 0 aliphatic rings. The molecule has 4 rings (SSSR count). The molecule has 0 radical (unpaired) electrons. The lowest BCUT2D eigenvalue weighted by molar-refractivity contribution is 0.0121. The summed E-state index contributed by atoms with van der Waals surface area (Å²) in [6, 6.07) is 11.7. The molecule has 0 unspecified atom stereocenters. The molecular formula is C20H20N2O3S2. The van der Waals surface area contributed by atoms with E-state index < -0.39 is 5.60 Å². The van der Waals surface area contributed by atoms with Crippen LogP contribution in [0, 0.1) is 0 Å². The molecule has 0 aliphatic heterocycles. The largest absolute Gasteiger partial charge is 0.491 e. The number of fused-ring (bicyclic) bond motifs is 1. The molecule has 0 amide bonds. The van der Waals surface area contributed by atoms with Crippen LogP contribution in [0.25, 0.3) is 21.5 Å². The Bertz CT molecular complexity index is 1010. The van der Waals surface area contributed by atoms with E-state index in [0.29, 0.717) is 12.3 Å². The molecule has 0 spiro atoms. The molecule has 7 heteroatoms. The molecule has 3 heterocycles. The Balaban J connectivity index is 1.37. The molecule has 4 aromatic rings. The van der Waals surface area contributed by atoms with Crippen LogP contribution in [-0.2, 0) is 6.54 Å². The molecule has 2 N–H and O–H groups in total. The molecule has 0 aliphatic carbocycles. The van der Waals surface area contributed by atoms with Gasteiger partial charge in [-0.3, -0.25) is 0 Å². The minimum atomic E-state index is -0.973. The van der Waals surface area contributed by atoms with E-state index in [4.69, 9.17) is 9.26 Å². The van der Waals surface area contributed by atoms with Crippen LogP contribution in [0.5, 0.6) is 5.75 Å². The lowest BCUT2D eigenvalue weighted by atomic mass is 10.1. The van der Waals surface area contributed by atoms with Crippen LogP contribution in [0.15, 0.2) is 57.1 Å². The summed E-state index contributed by atoms with van der Waals surface area (Å²) in [5, 5.41) is 25.0. The van der Waals surface area contributed by atoms with Crippen molar-refractivity contribution in [2.24, 2.45) is 0 Å². The van der Waals surface area contributed by atoms with E-state index in [1.54, 1.807) is 29.6 Å². The van der Waals surface area contributed by atoms with Crippen molar-refractivity contribution in [2.45, 2.75) is 19.1 Å². The van der Waals surface area contributed by atoms with Gasteiger partial charge in [-0.05, 0) is 52.9 Å². The average Bonchev–Trinajstić information content (AvgIpc) is 3.38. The zero-order valence-corrected chi connectivity index (χ0v) is 16.5. The van der Waals surface area contributed by atoms with Gasteiger partial charge < -0.3 is 19.7 Å². The number of hydrogen-bond acceptors (Lipinski definition) is 7. The summed E-state index contributed by atoms with van der Waals surface area (Å²) in [5.74, 6) is 1.42. The van der Waals surface area contributed by atoms with Crippen LogP contribution in [0.1, 0.15) is 12.5 Å². The zero-order valence-electron chi connectivity index (χ0n) is 14.8.